The van der Waals surface area contributed by atoms with Crippen LogP contribution in [0.15, 0.2) is 18.2 Å². The van der Waals surface area contributed by atoms with Gasteiger partial charge in [-0.15, -0.1) is 11.6 Å². The smallest absolute Gasteiger partial charge is 0.336 e. The van der Waals surface area contributed by atoms with Gasteiger partial charge in [-0.2, -0.15) is 0 Å². The molecule has 0 aliphatic rings. The van der Waals surface area contributed by atoms with Crippen molar-refractivity contribution < 1.29 is 9.90 Å². The highest BCUT2D eigenvalue weighted by Gasteiger charge is 2.09. The Balaban J connectivity index is 3.07. The third kappa shape index (κ3) is 2.72. The topological polar surface area (TPSA) is 37.3 Å². The molecule has 0 radical (unpaired) electrons. The minimum atomic E-state index is -0.919. The molecule has 0 spiro atoms. The summed E-state index contributed by atoms with van der Waals surface area (Å²) < 4.78 is 0. The molecular weight excluding hydrogens is 267 g/mol. The summed E-state index contributed by atoms with van der Waals surface area (Å²) in [7, 11) is 0. The van der Waals surface area contributed by atoms with E-state index in [4.69, 9.17) is 16.7 Å². The highest BCUT2D eigenvalue weighted by Crippen LogP contribution is 2.15. The van der Waals surface area contributed by atoms with Crippen LogP contribution in [-0.2, 0) is 12.3 Å². The van der Waals surface area contributed by atoms with E-state index in [1.54, 1.807) is 12.1 Å². The zero-order valence-electron chi connectivity index (χ0n) is 7.46. The van der Waals surface area contributed by atoms with Crippen molar-refractivity contribution >= 4 is 33.5 Å². The van der Waals surface area contributed by atoms with Gasteiger partial charge in [0.1, 0.15) is 0 Å². The van der Waals surface area contributed by atoms with Gasteiger partial charge in [0.2, 0.25) is 0 Å². The monoisotopic (exact) mass is 276 g/mol. The third-order valence-electron chi connectivity index (χ3n) is 1.93. The summed E-state index contributed by atoms with van der Waals surface area (Å²) in [4.78, 5) is 10.9. The van der Waals surface area contributed by atoms with Crippen molar-refractivity contribution in [1.82, 2.24) is 0 Å². The minimum Gasteiger partial charge on any atom is -0.478 e. The molecule has 0 atom stereocenters. The Labute approximate surface area is 96.0 Å². The fourth-order valence-electron chi connectivity index (χ4n) is 1.20. The predicted molar refractivity (Wildman–Crippen MR) is 60.5 cm³/mol. The summed E-state index contributed by atoms with van der Waals surface area (Å²) in [6, 6.07) is 5.36. The first-order valence-electron chi connectivity index (χ1n) is 4.16. The summed E-state index contributed by atoms with van der Waals surface area (Å²) >= 11 is 8.94. The molecule has 0 amide bonds. The first-order valence-corrected chi connectivity index (χ1v) is 5.81. The van der Waals surface area contributed by atoms with E-state index in [2.05, 4.69) is 15.9 Å². The van der Waals surface area contributed by atoms with Gasteiger partial charge in [0.05, 0.1) is 5.56 Å². The molecule has 0 aliphatic carbocycles. The van der Waals surface area contributed by atoms with Crippen molar-refractivity contribution in [2.45, 2.75) is 12.3 Å². The van der Waals surface area contributed by atoms with Crippen LogP contribution in [-0.4, -0.2) is 16.4 Å². The lowest BCUT2D eigenvalue weighted by molar-refractivity contribution is 0.0696. The van der Waals surface area contributed by atoms with Gasteiger partial charge in [0, 0.05) is 11.2 Å². The summed E-state index contributed by atoms with van der Waals surface area (Å²) in [6.45, 7) is 0. The van der Waals surface area contributed by atoms with Crippen LogP contribution in [0.4, 0.5) is 0 Å². The summed E-state index contributed by atoms with van der Waals surface area (Å²) in [6.07, 6.45) is 0.822. The Kier molecular flexibility index (Phi) is 4.42. The molecule has 2 nitrogen and oxygen atoms in total. The van der Waals surface area contributed by atoms with E-state index >= 15 is 0 Å². The zero-order chi connectivity index (χ0) is 10.6. The van der Waals surface area contributed by atoms with Gasteiger partial charge in [0.15, 0.2) is 0 Å². The lowest BCUT2D eigenvalue weighted by Gasteiger charge is -2.05. The molecule has 1 aromatic carbocycles. The number of benzene rings is 1. The SMILES string of the molecule is O=C(O)c1cc(CCBr)ccc1CCl. The zero-order valence-corrected chi connectivity index (χ0v) is 9.81. The molecule has 4 heteroatoms. The van der Waals surface area contributed by atoms with Gasteiger partial charge >= 0.3 is 5.97 Å². The van der Waals surface area contributed by atoms with Crippen LogP contribution in [0.3, 0.4) is 0 Å². The van der Waals surface area contributed by atoms with Crippen molar-refractivity contribution in [2.75, 3.05) is 5.33 Å². The summed E-state index contributed by atoms with van der Waals surface area (Å²) in [5, 5.41) is 9.74. The van der Waals surface area contributed by atoms with Crippen molar-refractivity contribution in [2.24, 2.45) is 0 Å². The van der Waals surface area contributed by atoms with E-state index in [-0.39, 0.29) is 5.88 Å². The Hall–Kier alpha value is -0.540. The average molecular weight is 278 g/mol. The third-order valence-corrected chi connectivity index (χ3v) is 2.62. The minimum absolute atomic E-state index is 0.232. The number of hydrogen-bond acceptors (Lipinski definition) is 1. The van der Waals surface area contributed by atoms with Crippen LogP contribution < -0.4 is 0 Å². The first-order chi connectivity index (χ1) is 6.69. The van der Waals surface area contributed by atoms with E-state index in [1.165, 1.54) is 0 Å². The first kappa shape index (κ1) is 11.5. The molecule has 0 saturated heterocycles. The maximum absolute atomic E-state index is 10.9. The number of aryl methyl sites for hydroxylation is 1. The molecule has 0 fully saturated rings. The van der Waals surface area contributed by atoms with Gasteiger partial charge in [0.25, 0.3) is 0 Å². The van der Waals surface area contributed by atoms with Crippen molar-refractivity contribution in [1.29, 1.82) is 0 Å². The van der Waals surface area contributed by atoms with Gasteiger partial charge in [-0.1, -0.05) is 28.1 Å². The van der Waals surface area contributed by atoms with Crippen LogP contribution in [0.2, 0.25) is 0 Å². The molecule has 1 aromatic rings. The molecule has 0 saturated carbocycles. The van der Waals surface area contributed by atoms with Crippen molar-refractivity contribution in [3.05, 3.63) is 34.9 Å². The lowest BCUT2D eigenvalue weighted by Crippen LogP contribution is -2.02. The van der Waals surface area contributed by atoms with Gasteiger partial charge in [-0.3, -0.25) is 0 Å². The number of aromatic carboxylic acids is 1. The largest absolute Gasteiger partial charge is 0.478 e. The fraction of sp³-hybridized carbons (Fsp3) is 0.300. The Morgan fingerprint density at radius 3 is 2.71 bits per heavy atom. The van der Waals surface area contributed by atoms with Crippen LogP contribution in [0.5, 0.6) is 0 Å². The van der Waals surface area contributed by atoms with E-state index in [0.717, 1.165) is 17.3 Å². The van der Waals surface area contributed by atoms with Gasteiger partial charge in [-0.05, 0) is 23.6 Å². The van der Waals surface area contributed by atoms with E-state index < -0.39 is 5.97 Å². The summed E-state index contributed by atoms with van der Waals surface area (Å²) in [5.74, 6) is -0.687. The predicted octanol–water partition coefficient (Wildman–Crippen LogP) is 3.06. The molecule has 0 heterocycles. The van der Waals surface area contributed by atoms with E-state index in [1.807, 2.05) is 6.07 Å². The second-order valence-corrected chi connectivity index (χ2v) is 3.93. The van der Waals surface area contributed by atoms with Crippen LogP contribution in [0.1, 0.15) is 21.5 Å². The number of carboxylic acid groups (broad SMARTS) is 1. The molecule has 14 heavy (non-hydrogen) atoms. The lowest BCUT2D eigenvalue weighted by atomic mass is 10.0. The molecule has 0 unspecified atom stereocenters. The highest BCUT2D eigenvalue weighted by molar-refractivity contribution is 9.09. The number of hydrogen-bond donors (Lipinski definition) is 1. The Morgan fingerprint density at radius 1 is 1.50 bits per heavy atom. The second kappa shape index (κ2) is 5.37. The molecule has 0 aromatic heterocycles. The molecule has 0 aliphatic heterocycles. The average Bonchev–Trinajstić information content (AvgIpc) is 2.18. The second-order valence-electron chi connectivity index (χ2n) is 2.87. The number of alkyl halides is 2. The summed E-state index contributed by atoms with van der Waals surface area (Å²) in [5.41, 5.74) is 1.98. The highest BCUT2D eigenvalue weighted by atomic mass is 79.9. The van der Waals surface area contributed by atoms with Crippen molar-refractivity contribution in [3.8, 4) is 0 Å². The quantitative estimate of drug-likeness (QED) is 0.859. The maximum Gasteiger partial charge on any atom is 0.336 e. The van der Waals surface area contributed by atoms with Gasteiger partial charge in [-0.25, -0.2) is 4.79 Å². The van der Waals surface area contributed by atoms with Crippen molar-refractivity contribution in [3.63, 3.8) is 0 Å². The molecule has 0 bridgehead atoms. The number of halogens is 2. The molecule has 1 rings (SSSR count). The number of carboxylic acids is 1. The molecule has 76 valence electrons. The Bertz CT molecular complexity index is 339. The van der Waals surface area contributed by atoms with E-state index in [9.17, 15) is 4.79 Å². The number of carbonyl (C=O) groups is 1. The van der Waals surface area contributed by atoms with Gasteiger partial charge < -0.3 is 5.11 Å². The van der Waals surface area contributed by atoms with Crippen LogP contribution in [0, 0.1) is 0 Å². The molecular formula is C10H10BrClO2. The fourth-order valence-corrected chi connectivity index (χ4v) is 1.89. The van der Waals surface area contributed by atoms with Crippen LogP contribution in [0.25, 0.3) is 0 Å². The molecule has 1 N–H and O–H groups in total. The van der Waals surface area contributed by atoms with E-state index in [0.29, 0.717) is 11.1 Å². The maximum atomic E-state index is 10.9. The number of rotatable bonds is 4. The van der Waals surface area contributed by atoms with Crippen LogP contribution >= 0.6 is 27.5 Å². The normalized spacial score (nSPS) is 10.1. The Morgan fingerprint density at radius 2 is 2.21 bits per heavy atom. The standard InChI is InChI=1S/C10H10BrClO2/c11-4-3-7-1-2-8(6-12)9(5-7)10(13)14/h1-2,5H,3-4,6H2,(H,13,14).